The third kappa shape index (κ3) is 3.73. The second kappa shape index (κ2) is 6.02. The number of nitrogens with zero attached hydrogens (tertiary/aromatic N) is 1. The fraction of sp³-hybridized carbons (Fsp3) is 0.133. The minimum Gasteiger partial charge on any atom is -0.381 e. The van der Waals surface area contributed by atoms with Gasteiger partial charge < -0.3 is 5.32 Å². The lowest BCUT2D eigenvalue weighted by Gasteiger charge is -2.12. The first-order chi connectivity index (χ1) is 10.3. The number of halogens is 5. The Balaban J connectivity index is 2.22. The Morgan fingerprint density at radius 2 is 1.64 bits per heavy atom. The summed E-state index contributed by atoms with van der Waals surface area (Å²) in [5, 5.41) is 11.3. The van der Waals surface area contributed by atoms with Crippen molar-refractivity contribution >= 4 is 5.69 Å². The molecule has 0 radical (unpaired) electrons. The molecule has 2 aromatic carbocycles. The van der Waals surface area contributed by atoms with Gasteiger partial charge in [-0.2, -0.15) is 18.4 Å². The topological polar surface area (TPSA) is 35.8 Å². The Hall–Kier alpha value is -2.62. The van der Waals surface area contributed by atoms with Crippen LogP contribution in [0.3, 0.4) is 0 Å². The minimum absolute atomic E-state index is 0.0577. The number of alkyl halides is 3. The maximum Gasteiger partial charge on any atom is 0.417 e. The van der Waals surface area contributed by atoms with Crippen LogP contribution in [0.5, 0.6) is 0 Å². The smallest absolute Gasteiger partial charge is 0.381 e. The third-order valence-electron chi connectivity index (χ3n) is 2.86. The molecule has 0 saturated carbocycles. The van der Waals surface area contributed by atoms with E-state index in [0.717, 1.165) is 24.3 Å². The summed E-state index contributed by atoms with van der Waals surface area (Å²) in [6.07, 6.45) is -4.66. The highest BCUT2D eigenvalue weighted by Crippen LogP contribution is 2.33. The standard InChI is InChI=1S/C15H9F5N2/c16-11-3-9(4-12(17)5-11)8-22-13-2-1-10(7-21)14(6-13)15(18,19)20/h1-6,22H,8H2. The fourth-order valence-electron chi connectivity index (χ4n) is 1.90. The van der Waals surface area contributed by atoms with Gasteiger partial charge in [-0.3, -0.25) is 0 Å². The normalized spacial score (nSPS) is 11.1. The fourth-order valence-corrected chi connectivity index (χ4v) is 1.90. The van der Waals surface area contributed by atoms with Gasteiger partial charge in [0.05, 0.1) is 17.2 Å². The highest BCUT2D eigenvalue weighted by Gasteiger charge is 2.33. The van der Waals surface area contributed by atoms with Crippen LogP contribution in [0.25, 0.3) is 0 Å². The maximum atomic E-state index is 13.0. The molecule has 0 aliphatic heterocycles. The Morgan fingerprint density at radius 1 is 1.00 bits per heavy atom. The molecule has 0 bridgehead atoms. The highest BCUT2D eigenvalue weighted by atomic mass is 19.4. The molecule has 0 fully saturated rings. The van der Waals surface area contributed by atoms with Crippen molar-refractivity contribution in [3.05, 3.63) is 64.7 Å². The Morgan fingerprint density at radius 3 is 2.18 bits per heavy atom. The molecule has 0 saturated heterocycles. The Kier molecular flexibility index (Phi) is 4.31. The molecule has 0 unspecified atom stereocenters. The van der Waals surface area contributed by atoms with E-state index in [9.17, 15) is 22.0 Å². The number of anilines is 1. The van der Waals surface area contributed by atoms with E-state index in [1.165, 1.54) is 12.1 Å². The van der Waals surface area contributed by atoms with Crippen LogP contribution in [0.15, 0.2) is 36.4 Å². The summed E-state index contributed by atoms with van der Waals surface area (Å²) in [6.45, 7) is -0.0577. The van der Waals surface area contributed by atoms with Crippen molar-refractivity contribution in [1.82, 2.24) is 0 Å². The van der Waals surface area contributed by atoms with Crippen LogP contribution in [0.2, 0.25) is 0 Å². The van der Waals surface area contributed by atoms with E-state index in [4.69, 9.17) is 5.26 Å². The van der Waals surface area contributed by atoms with E-state index in [1.54, 1.807) is 0 Å². The molecule has 1 N–H and O–H groups in total. The summed E-state index contributed by atoms with van der Waals surface area (Å²) >= 11 is 0. The number of nitriles is 1. The van der Waals surface area contributed by atoms with E-state index in [2.05, 4.69) is 5.32 Å². The molecule has 0 spiro atoms. The molecule has 0 aromatic heterocycles. The number of hydrogen-bond donors (Lipinski definition) is 1. The van der Waals surface area contributed by atoms with Crippen LogP contribution in [-0.2, 0) is 12.7 Å². The molecule has 0 amide bonds. The van der Waals surface area contributed by atoms with Crippen molar-refractivity contribution in [3.63, 3.8) is 0 Å². The summed E-state index contributed by atoms with van der Waals surface area (Å²) in [6, 6.07) is 7.44. The average molecular weight is 312 g/mol. The largest absolute Gasteiger partial charge is 0.417 e. The summed E-state index contributed by atoms with van der Waals surface area (Å²) in [7, 11) is 0. The van der Waals surface area contributed by atoms with Gasteiger partial charge in [-0.1, -0.05) is 0 Å². The van der Waals surface area contributed by atoms with Crippen molar-refractivity contribution in [2.45, 2.75) is 12.7 Å². The van der Waals surface area contributed by atoms with Crippen LogP contribution < -0.4 is 5.32 Å². The number of rotatable bonds is 3. The number of nitrogens with one attached hydrogen (secondary N) is 1. The van der Waals surface area contributed by atoms with E-state index in [1.807, 2.05) is 0 Å². The van der Waals surface area contributed by atoms with Crippen LogP contribution in [0.4, 0.5) is 27.6 Å². The first-order valence-corrected chi connectivity index (χ1v) is 6.10. The van der Waals surface area contributed by atoms with E-state index >= 15 is 0 Å². The zero-order chi connectivity index (χ0) is 16.3. The minimum atomic E-state index is -4.66. The van der Waals surface area contributed by atoms with Crippen LogP contribution in [-0.4, -0.2) is 0 Å². The van der Waals surface area contributed by atoms with Gasteiger partial charge in [0.2, 0.25) is 0 Å². The molecule has 2 rings (SSSR count). The van der Waals surface area contributed by atoms with Crippen LogP contribution in [0.1, 0.15) is 16.7 Å². The zero-order valence-corrected chi connectivity index (χ0v) is 11.0. The summed E-state index contributed by atoms with van der Waals surface area (Å²) in [5.41, 5.74) is -1.22. The van der Waals surface area contributed by atoms with E-state index < -0.39 is 28.9 Å². The summed E-state index contributed by atoms with van der Waals surface area (Å²) < 4.78 is 64.5. The Bertz CT molecular complexity index is 711. The predicted octanol–water partition coefficient (Wildman–Crippen LogP) is 4.47. The molecule has 22 heavy (non-hydrogen) atoms. The lowest BCUT2D eigenvalue weighted by Crippen LogP contribution is -2.09. The van der Waals surface area contributed by atoms with Gasteiger partial charge in [-0.25, -0.2) is 8.78 Å². The van der Waals surface area contributed by atoms with Crippen molar-refractivity contribution in [1.29, 1.82) is 5.26 Å². The van der Waals surface area contributed by atoms with Crippen LogP contribution >= 0.6 is 0 Å². The lowest BCUT2D eigenvalue weighted by molar-refractivity contribution is -0.137. The number of hydrogen-bond acceptors (Lipinski definition) is 2. The Labute approximate surface area is 122 Å². The lowest BCUT2D eigenvalue weighted by atomic mass is 10.1. The first-order valence-electron chi connectivity index (χ1n) is 6.10. The zero-order valence-electron chi connectivity index (χ0n) is 11.0. The van der Waals surface area contributed by atoms with Gasteiger partial charge in [0.15, 0.2) is 0 Å². The van der Waals surface area contributed by atoms with Gasteiger partial charge in [-0.15, -0.1) is 0 Å². The third-order valence-corrected chi connectivity index (χ3v) is 2.86. The molecule has 0 heterocycles. The van der Waals surface area contributed by atoms with E-state index in [0.29, 0.717) is 6.07 Å². The quantitative estimate of drug-likeness (QED) is 0.849. The second-order valence-corrected chi connectivity index (χ2v) is 4.50. The first kappa shape index (κ1) is 15.8. The van der Waals surface area contributed by atoms with Crippen molar-refractivity contribution < 1.29 is 22.0 Å². The SMILES string of the molecule is N#Cc1ccc(NCc2cc(F)cc(F)c2)cc1C(F)(F)F. The molecular formula is C15H9F5N2. The molecule has 7 heteroatoms. The predicted molar refractivity (Wildman–Crippen MR) is 69.8 cm³/mol. The molecule has 0 atom stereocenters. The number of benzene rings is 2. The van der Waals surface area contributed by atoms with E-state index in [-0.39, 0.29) is 17.8 Å². The monoisotopic (exact) mass is 312 g/mol. The average Bonchev–Trinajstić information content (AvgIpc) is 2.43. The molecule has 2 nitrogen and oxygen atoms in total. The summed E-state index contributed by atoms with van der Waals surface area (Å²) in [5.74, 6) is -1.54. The van der Waals surface area contributed by atoms with Gasteiger partial charge in [0, 0.05) is 18.3 Å². The van der Waals surface area contributed by atoms with Gasteiger partial charge >= 0.3 is 6.18 Å². The van der Waals surface area contributed by atoms with Crippen LogP contribution in [0, 0.1) is 23.0 Å². The van der Waals surface area contributed by atoms with Gasteiger partial charge in [0.25, 0.3) is 0 Å². The molecule has 0 aliphatic carbocycles. The second-order valence-electron chi connectivity index (χ2n) is 4.50. The molecule has 2 aromatic rings. The van der Waals surface area contributed by atoms with Crippen molar-refractivity contribution in [2.75, 3.05) is 5.32 Å². The molecule has 0 aliphatic rings. The van der Waals surface area contributed by atoms with Crippen molar-refractivity contribution in [2.24, 2.45) is 0 Å². The van der Waals surface area contributed by atoms with Crippen molar-refractivity contribution in [3.8, 4) is 6.07 Å². The molecule has 114 valence electrons. The highest BCUT2D eigenvalue weighted by molar-refractivity contribution is 5.53. The maximum absolute atomic E-state index is 13.0. The molecular weight excluding hydrogens is 303 g/mol. The van der Waals surface area contributed by atoms with Gasteiger partial charge in [-0.05, 0) is 35.9 Å². The van der Waals surface area contributed by atoms with Gasteiger partial charge in [0.1, 0.15) is 11.6 Å². The summed E-state index contributed by atoms with van der Waals surface area (Å²) in [4.78, 5) is 0.